The average Bonchev–Trinajstić information content (AvgIpc) is 2.07. The van der Waals surface area contributed by atoms with Crippen LogP contribution in [0.5, 0.6) is 0 Å². The van der Waals surface area contributed by atoms with Gasteiger partial charge in [-0.05, 0) is 6.08 Å². The number of alkyl halides is 1. The third-order valence-corrected chi connectivity index (χ3v) is 1.89. The van der Waals surface area contributed by atoms with E-state index in [4.69, 9.17) is 20.4 Å². The molecule has 0 fully saturated rings. The van der Waals surface area contributed by atoms with Crippen LogP contribution >= 0.6 is 0 Å². The van der Waals surface area contributed by atoms with E-state index in [1.807, 2.05) is 0 Å². The molecule has 0 bridgehead atoms. The van der Waals surface area contributed by atoms with Crippen LogP contribution in [-0.2, 0) is 4.79 Å². The van der Waals surface area contributed by atoms with Crippen molar-refractivity contribution in [1.29, 1.82) is 0 Å². The first kappa shape index (κ1) is 10.1. The quantitative estimate of drug-likeness (QED) is 0.402. The molecule has 4 N–H and O–H groups in total. The summed E-state index contributed by atoms with van der Waals surface area (Å²) in [7, 11) is 0. The maximum Gasteiger partial charge on any atom is 0.334 e. The van der Waals surface area contributed by atoms with Crippen molar-refractivity contribution in [2.24, 2.45) is 0 Å². The highest BCUT2D eigenvalue weighted by Gasteiger charge is 2.40. The van der Waals surface area contributed by atoms with Gasteiger partial charge in [0.05, 0.1) is 5.57 Å². The molecule has 0 heterocycles. The summed E-state index contributed by atoms with van der Waals surface area (Å²) in [4.78, 5) is 10.4. The maximum absolute atomic E-state index is 12.9. The summed E-state index contributed by atoms with van der Waals surface area (Å²) < 4.78 is 12.9. The number of halogens is 1. The molecule has 0 spiro atoms. The fourth-order valence-corrected chi connectivity index (χ4v) is 1.12. The first-order valence-electron chi connectivity index (χ1n) is 3.58. The monoisotopic (exact) mass is 192 g/mol. The second-order valence-corrected chi connectivity index (χ2v) is 2.80. The Hall–Kier alpha value is -0.980. The zero-order valence-corrected chi connectivity index (χ0v) is 6.46. The summed E-state index contributed by atoms with van der Waals surface area (Å²) in [5.74, 6) is -1.56. The lowest BCUT2D eigenvalue weighted by atomic mass is 9.90. The highest BCUT2D eigenvalue weighted by molar-refractivity contribution is 5.88. The number of carboxylic acid groups (broad SMARTS) is 1. The normalized spacial score (nSPS) is 39.8. The molecule has 13 heavy (non-hydrogen) atoms. The van der Waals surface area contributed by atoms with E-state index in [9.17, 15) is 9.18 Å². The summed E-state index contributed by atoms with van der Waals surface area (Å²) in [5.41, 5.74) is -0.731. The minimum Gasteiger partial charge on any atom is -0.478 e. The van der Waals surface area contributed by atoms with E-state index in [1.54, 1.807) is 0 Å². The molecule has 0 radical (unpaired) electrons. The molecule has 1 aliphatic carbocycles. The standard InChI is InChI=1S/C7H9FO5/c8-4-2(7(12)13)1-3(9)5(10)6(4)11/h1,3-6,9-11H,(H,12,13)/t3?,4-,5?,6?/m1/s1. The first-order chi connectivity index (χ1) is 5.95. The van der Waals surface area contributed by atoms with Crippen LogP contribution in [0.25, 0.3) is 0 Å². The minimum absolute atomic E-state index is 0.685. The summed E-state index contributed by atoms with van der Waals surface area (Å²) >= 11 is 0. The number of aliphatic hydroxyl groups excluding tert-OH is 3. The van der Waals surface area contributed by atoms with Gasteiger partial charge in [-0.25, -0.2) is 9.18 Å². The Kier molecular flexibility index (Phi) is 2.65. The van der Waals surface area contributed by atoms with Crippen LogP contribution < -0.4 is 0 Å². The predicted molar refractivity (Wildman–Crippen MR) is 38.6 cm³/mol. The minimum atomic E-state index is -2.17. The Morgan fingerprint density at radius 2 is 1.85 bits per heavy atom. The van der Waals surface area contributed by atoms with Crippen molar-refractivity contribution < 1.29 is 29.6 Å². The zero-order chi connectivity index (χ0) is 10.2. The van der Waals surface area contributed by atoms with Crippen LogP contribution in [0.3, 0.4) is 0 Å². The van der Waals surface area contributed by atoms with Gasteiger partial charge in [-0.1, -0.05) is 0 Å². The van der Waals surface area contributed by atoms with Crippen LogP contribution in [0.1, 0.15) is 0 Å². The van der Waals surface area contributed by atoms with Crippen LogP contribution in [0.2, 0.25) is 0 Å². The molecule has 6 heteroatoms. The van der Waals surface area contributed by atoms with Crippen molar-refractivity contribution >= 4 is 5.97 Å². The molecule has 0 aromatic rings. The number of carbonyl (C=O) groups is 1. The summed E-state index contributed by atoms with van der Waals surface area (Å²) in [6.45, 7) is 0. The lowest BCUT2D eigenvalue weighted by Gasteiger charge is -2.28. The Bertz CT molecular complexity index is 251. The van der Waals surface area contributed by atoms with Gasteiger partial charge >= 0.3 is 5.97 Å². The third kappa shape index (κ3) is 1.69. The molecule has 4 atom stereocenters. The lowest BCUT2D eigenvalue weighted by molar-refractivity contribution is -0.136. The summed E-state index contributed by atoms with van der Waals surface area (Å²) in [6.07, 6.45) is -6.61. The van der Waals surface area contributed by atoms with E-state index in [1.165, 1.54) is 0 Å². The Morgan fingerprint density at radius 1 is 1.31 bits per heavy atom. The van der Waals surface area contributed by atoms with Gasteiger partial charge in [0.1, 0.15) is 18.3 Å². The molecule has 3 unspecified atom stereocenters. The Morgan fingerprint density at radius 3 is 2.31 bits per heavy atom. The van der Waals surface area contributed by atoms with Gasteiger partial charge < -0.3 is 20.4 Å². The van der Waals surface area contributed by atoms with Crippen LogP contribution in [-0.4, -0.2) is 50.9 Å². The second kappa shape index (κ2) is 3.41. The topological polar surface area (TPSA) is 98.0 Å². The molecule has 0 amide bonds. The molecule has 1 rings (SSSR count). The van der Waals surface area contributed by atoms with E-state index in [0.717, 1.165) is 0 Å². The van der Waals surface area contributed by atoms with Gasteiger partial charge in [0, 0.05) is 0 Å². The highest BCUT2D eigenvalue weighted by atomic mass is 19.1. The maximum atomic E-state index is 12.9. The Balaban J connectivity index is 2.97. The van der Waals surface area contributed by atoms with Crippen molar-refractivity contribution in [3.63, 3.8) is 0 Å². The van der Waals surface area contributed by atoms with Crippen LogP contribution in [0.15, 0.2) is 11.6 Å². The van der Waals surface area contributed by atoms with Crippen molar-refractivity contribution in [3.8, 4) is 0 Å². The molecule has 0 aliphatic heterocycles. The van der Waals surface area contributed by atoms with Crippen LogP contribution in [0, 0.1) is 0 Å². The number of hydrogen-bond acceptors (Lipinski definition) is 4. The number of aliphatic carboxylic acids is 1. The molecular formula is C7H9FO5. The summed E-state index contributed by atoms with van der Waals surface area (Å²) in [5, 5.41) is 35.3. The zero-order valence-electron chi connectivity index (χ0n) is 6.46. The van der Waals surface area contributed by atoms with Gasteiger partial charge in [-0.2, -0.15) is 0 Å². The largest absolute Gasteiger partial charge is 0.478 e. The van der Waals surface area contributed by atoms with E-state index in [-0.39, 0.29) is 0 Å². The second-order valence-electron chi connectivity index (χ2n) is 2.80. The van der Waals surface area contributed by atoms with Crippen LogP contribution in [0.4, 0.5) is 4.39 Å². The van der Waals surface area contributed by atoms with Crippen molar-refractivity contribution in [2.75, 3.05) is 0 Å². The van der Waals surface area contributed by atoms with Gasteiger partial charge in [-0.3, -0.25) is 0 Å². The van der Waals surface area contributed by atoms with Gasteiger partial charge in [0.15, 0.2) is 6.17 Å². The number of hydrogen-bond donors (Lipinski definition) is 4. The van der Waals surface area contributed by atoms with E-state index >= 15 is 0 Å². The smallest absolute Gasteiger partial charge is 0.334 e. The molecule has 5 nitrogen and oxygen atoms in total. The van der Waals surface area contributed by atoms with Gasteiger partial charge in [0.2, 0.25) is 0 Å². The SMILES string of the molecule is O=C(O)C1=CC(O)C(O)C(O)[C@@H]1F. The molecule has 0 saturated carbocycles. The molecule has 0 aromatic heterocycles. The fourth-order valence-electron chi connectivity index (χ4n) is 1.12. The molecular weight excluding hydrogens is 183 g/mol. The molecule has 0 saturated heterocycles. The van der Waals surface area contributed by atoms with Crippen molar-refractivity contribution in [2.45, 2.75) is 24.5 Å². The molecule has 0 aromatic carbocycles. The fraction of sp³-hybridized carbons (Fsp3) is 0.571. The molecule has 1 aliphatic rings. The van der Waals surface area contributed by atoms with Crippen molar-refractivity contribution in [1.82, 2.24) is 0 Å². The number of carboxylic acids is 1. The predicted octanol–water partition coefficient (Wildman–Crippen LogP) is -1.57. The first-order valence-corrected chi connectivity index (χ1v) is 3.58. The molecule has 74 valence electrons. The van der Waals surface area contributed by atoms with E-state index < -0.39 is 36.0 Å². The van der Waals surface area contributed by atoms with Crippen molar-refractivity contribution in [3.05, 3.63) is 11.6 Å². The van der Waals surface area contributed by atoms with E-state index in [2.05, 4.69) is 0 Å². The average molecular weight is 192 g/mol. The third-order valence-electron chi connectivity index (χ3n) is 1.89. The van der Waals surface area contributed by atoms with Gasteiger partial charge in [-0.15, -0.1) is 0 Å². The Labute approximate surface area is 72.7 Å². The highest BCUT2D eigenvalue weighted by Crippen LogP contribution is 2.22. The lowest BCUT2D eigenvalue weighted by Crippen LogP contribution is -2.47. The van der Waals surface area contributed by atoms with Gasteiger partial charge in [0.25, 0.3) is 0 Å². The van der Waals surface area contributed by atoms with E-state index in [0.29, 0.717) is 6.08 Å². The number of aliphatic hydroxyl groups is 3. The number of rotatable bonds is 1. The summed E-state index contributed by atoms with van der Waals surface area (Å²) in [6, 6.07) is 0.